The number of hydrogen-bond acceptors (Lipinski definition) is 2. The van der Waals surface area contributed by atoms with Crippen LogP contribution in [0.3, 0.4) is 0 Å². The first-order valence-corrected chi connectivity index (χ1v) is 5.65. The van der Waals surface area contributed by atoms with Gasteiger partial charge in [0.25, 0.3) is 0 Å². The van der Waals surface area contributed by atoms with Crippen molar-refractivity contribution in [3.05, 3.63) is 29.8 Å². The summed E-state index contributed by atoms with van der Waals surface area (Å²) in [6, 6.07) is 6.84. The minimum absolute atomic E-state index is 0.0632. The van der Waals surface area contributed by atoms with Crippen molar-refractivity contribution in [2.24, 2.45) is 5.92 Å². The number of nitrogens with zero attached hydrogens (tertiary/aromatic N) is 1. The van der Waals surface area contributed by atoms with Crippen molar-refractivity contribution in [2.75, 3.05) is 5.32 Å². The molecule has 0 aliphatic carbocycles. The van der Waals surface area contributed by atoms with Crippen molar-refractivity contribution in [1.29, 1.82) is 5.26 Å². The Morgan fingerprint density at radius 1 is 1.22 bits per heavy atom. The molecule has 0 bridgehead atoms. The highest BCUT2D eigenvalue weighted by molar-refractivity contribution is 5.46. The molecule has 1 atom stereocenters. The summed E-state index contributed by atoms with van der Waals surface area (Å²) in [7, 11) is 0. The first kappa shape index (κ1) is 14.4. The van der Waals surface area contributed by atoms with Crippen LogP contribution in [0.4, 0.5) is 18.9 Å². The van der Waals surface area contributed by atoms with E-state index in [9.17, 15) is 13.2 Å². The number of hydrogen-bond donors (Lipinski definition) is 1. The standard InChI is InChI=1S/C13H15F3N2/c1-9(2)12(7-8-17)18-11-5-3-10(4-6-11)13(14,15)16/h3-6,9,12,18H,7H2,1-2H3. The third kappa shape index (κ3) is 3.95. The van der Waals surface area contributed by atoms with Gasteiger partial charge in [0.05, 0.1) is 18.1 Å². The van der Waals surface area contributed by atoms with E-state index in [2.05, 4.69) is 11.4 Å². The Hall–Kier alpha value is -1.70. The maximum Gasteiger partial charge on any atom is 0.416 e. The van der Waals surface area contributed by atoms with E-state index >= 15 is 0 Å². The summed E-state index contributed by atoms with van der Waals surface area (Å²) >= 11 is 0. The van der Waals surface area contributed by atoms with E-state index in [0.717, 1.165) is 12.1 Å². The van der Waals surface area contributed by atoms with Crippen molar-refractivity contribution >= 4 is 5.69 Å². The Morgan fingerprint density at radius 3 is 2.17 bits per heavy atom. The second-order valence-corrected chi connectivity index (χ2v) is 4.43. The predicted octanol–water partition coefficient (Wildman–Crippen LogP) is 4.06. The molecule has 0 aromatic heterocycles. The number of anilines is 1. The number of nitriles is 1. The zero-order valence-electron chi connectivity index (χ0n) is 10.3. The third-order valence-electron chi connectivity index (χ3n) is 2.68. The normalized spacial score (nSPS) is 13.2. The molecule has 0 spiro atoms. The lowest BCUT2D eigenvalue weighted by Crippen LogP contribution is -2.25. The van der Waals surface area contributed by atoms with Gasteiger partial charge in [-0.3, -0.25) is 0 Å². The van der Waals surface area contributed by atoms with Crippen LogP contribution in [-0.4, -0.2) is 6.04 Å². The topological polar surface area (TPSA) is 35.8 Å². The first-order chi connectivity index (χ1) is 8.34. The van der Waals surface area contributed by atoms with E-state index in [-0.39, 0.29) is 12.0 Å². The largest absolute Gasteiger partial charge is 0.416 e. The van der Waals surface area contributed by atoms with Gasteiger partial charge in [-0.15, -0.1) is 0 Å². The van der Waals surface area contributed by atoms with E-state index in [1.807, 2.05) is 13.8 Å². The molecular weight excluding hydrogens is 241 g/mol. The molecule has 0 amide bonds. The average molecular weight is 256 g/mol. The molecule has 1 unspecified atom stereocenters. The van der Waals surface area contributed by atoms with Gasteiger partial charge in [0.1, 0.15) is 0 Å². The lowest BCUT2D eigenvalue weighted by atomic mass is 10.0. The maximum absolute atomic E-state index is 12.4. The molecule has 18 heavy (non-hydrogen) atoms. The summed E-state index contributed by atoms with van der Waals surface area (Å²) < 4.78 is 37.1. The van der Waals surface area contributed by atoms with Gasteiger partial charge in [0.2, 0.25) is 0 Å². The first-order valence-electron chi connectivity index (χ1n) is 5.65. The summed E-state index contributed by atoms with van der Waals surface area (Å²) in [6.07, 6.45) is -4.00. The van der Waals surface area contributed by atoms with Crippen molar-refractivity contribution in [3.63, 3.8) is 0 Å². The summed E-state index contributed by atoms with van der Waals surface area (Å²) in [6.45, 7) is 3.91. The van der Waals surface area contributed by atoms with E-state index in [1.165, 1.54) is 12.1 Å². The number of alkyl halides is 3. The molecule has 0 fully saturated rings. The van der Waals surface area contributed by atoms with Crippen molar-refractivity contribution < 1.29 is 13.2 Å². The van der Waals surface area contributed by atoms with Crippen LogP contribution in [0.25, 0.3) is 0 Å². The number of rotatable bonds is 4. The van der Waals surface area contributed by atoms with Crippen LogP contribution in [0.1, 0.15) is 25.8 Å². The number of nitrogens with one attached hydrogen (secondary N) is 1. The van der Waals surface area contributed by atoms with Gasteiger partial charge in [-0.2, -0.15) is 18.4 Å². The molecule has 0 aliphatic heterocycles. The van der Waals surface area contributed by atoms with E-state index in [1.54, 1.807) is 0 Å². The Morgan fingerprint density at radius 2 is 1.78 bits per heavy atom. The summed E-state index contributed by atoms with van der Waals surface area (Å²) in [5.74, 6) is 0.229. The van der Waals surface area contributed by atoms with Crippen molar-refractivity contribution in [3.8, 4) is 6.07 Å². The fraction of sp³-hybridized carbons (Fsp3) is 0.462. The molecule has 5 heteroatoms. The zero-order chi connectivity index (χ0) is 13.8. The highest BCUT2D eigenvalue weighted by atomic mass is 19.4. The van der Waals surface area contributed by atoms with Gasteiger partial charge in [-0.05, 0) is 30.2 Å². The Kier molecular flexibility index (Phi) is 4.60. The van der Waals surface area contributed by atoms with Gasteiger partial charge in [-0.1, -0.05) is 13.8 Å². The minimum Gasteiger partial charge on any atom is -0.381 e. The van der Waals surface area contributed by atoms with Crippen LogP contribution in [0.5, 0.6) is 0 Å². The van der Waals surface area contributed by atoms with Crippen LogP contribution >= 0.6 is 0 Å². The Labute approximate surface area is 104 Å². The minimum atomic E-state index is -4.32. The van der Waals surface area contributed by atoms with Crippen LogP contribution in [0.15, 0.2) is 24.3 Å². The van der Waals surface area contributed by atoms with Gasteiger partial charge in [-0.25, -0.2) is 0 Å². The SMILES string of the molecule is CC(C)C(CC#N)Nc1ccc(C(F)(F)F)cc1. The quantitative estimate of drug-likeness (QED) is 0.881. The van der Waals surface area contributed by atoms with Crippen LogP contribution in [0.2, 0.25) is 0 Å². The monoisotopic (exact) mass is 256 g/mol. The molecule has 1 rings (SSSR count). The second-order valence-electron chi connectivity index (χ2n) is 4.43. The number of benzene rings is 1. The van der Waals surface area contributed by atoms with Crippen molar-refractivity contribution in [2.45, 2.75) is 32.5 Å². The summed E-state index contributed by atoms with van der Waals surface area (Å²) in [5, 5.41) is 11.7. The molecule has 1 aromatic carbocycles. The molecule has 2 nitrogen and oxygen atoms in total. The van der Waals surface area contributed by atoms with Crippen LogP contribution in [-0.2, 0) is 6.18 Å². The van der Waals surface area contributed by atoms with E-state index < -0.39 is 11.7 Å². The average Bonchev–Trinajstić information content (AvgIpc) is 2.28. The third-order valence-corrected chi connectivity index (χ3v) is 2.68. The fourth-order valence-corrected chi connectivity index (χ4v) is 1.52. The molecule has 1 N–H and O–H groups in total. The molecule has 0 radical (unpaired) electrons. The molecule has 1 aromatic rings. The summed E-state index contributed by atoms with van der Waals surface area (Å²) in [5.41, 5.74) is -0.0774. The van der Waals surface area contributed by atoms with Crippen LogP contribution < -0.4 is 5.32 Å². The highest BCUT2D eigenvalue weighted by Gasteiger charge is 2.30. The molecule has 0 saturated heterocycles. The molecule has 0 aliphatic rings. The highest BCUT2D eigenvalue weighted by Crippen LogP contribution is 2.30. The van der Waals surface area contributed by atoms with Gasteiger partial charge in [0.15, 0.2) is 0 Å². The molecule has 0 heterocycles. The second kappa shape index (κ2) is 5.76. The lowest BCUT2D eigenvalue weighted by molar-refractivity contribution is -0.137. The Balaban J connectivity index is 2.77. The Bertz CT molecular complexity index is 415. The lowest BCUT2D eigenvalue weighted by Gasteiger charge is -2.21. The predicted molar refractivity (Wildman–Crippen MR) is 63.9 cm³/mol. The molecule has 98 valence electrons. The number of halogens is 3. The van der Waals surface area contributed by atoms with Gasteiger partial charge >= 0.3 is 6.18 Å². The summed E-state index contributed by atoms with van der Waals surface area (Å²) in [4.78, 5) is 0. The molecule has 0 saturated carbocycles. The maximum atomic E-state index is 12.4. The smallest absolute Gasteiger partial charge is 0.381 e. The molecular formula is C13H15F3N2. The van der Waals surface area contributed by atoms with E-state index in [0.29, 0.717) is 12.1 Å². The van der Waals surface area contributed by atoms with E-state index in [4.69, 9.17) is 5.26 Å². The van der Waals surface area contributed by atoms with Crippen LogP contribution in [0, 0.1) is 17.2 Å². The van der Waals surface area contributed by atoms with Gasteiger partial charge < -0.3 is 5.32 Å². The van der Waals surface area contributed by atoms with Crippen molar-refractivity contribution in [1.82, 2.24) is 0 Å². The fourth-order valence-electron chi connectivity index (χ4n) is 1.52. The zero-order valence-corrected chi connectivity index (χ0v) is 10.3. The van der Waals surface area contributed by atoms with Gasteiger partial charge in [0, 0.05) is 11.7 Å².